The predicted molar refractivity (Wildman–Crippen MR) is 147 cm³/mol. The monoisotopic (exact) mass is 566 g/mol. The van der Waals surface area contributed by atoms with Crippen LogP contribution in [0.3, 0.4) is 0 Å². The van der Waals surface area contributed by atoms with E-state index in [1.807, 2.05) is 18.2 Å². The topological polar surface area (TPSA) is 26.3 Å². The average molecular weight is 565 g/mol. The number of benzene rings is 4. The molecule has 1 aliphatic carbocycles. The van der Waals surface area contributed by atoms with E-state index in [4.69, 9.17) is 4.74 Å². The van der Waals surface area contributed by atoms with E-state index in [0.29, 0.717) is 0 Å². The first-order valence-electron chi connectivity index (χ1n) is 12.2. The Morgan fingerprint density at radius 3 is 1.63 bits per heavy atom. The third kappa shape index (κ3) is 4.60. The van der Waals surface area contributed by atoms with Crippen molar-refractivity contribution in [3.05, 3.63) is 133 Å². The standard InChI is InChI=1S/C14H15O2.3C6H5.Sn/c1-11-10-14(11,13(15)16-2)9-8-12-6-4-3-5-7-12;3*1-2-4-6-5-3-1;/h3-9,11H,1,10H2,2H3;3*1-5H;/b9-8+;;;;/t11-,14-;;;;/m0..../s1. The Labute approximate surface area is 212 Å². The van der Waals surface area contributed by atoms with E-state index in [1.165, 1.54) is 17.8 Å². The first-order chi connectivity index (χ1) is 17.2. The van der Waals surface area contributed by atoms with Crippen molar-refractivity contribution in [1.82, 2.24) is 0 Å². The van der Waals surface area contributed by atoms with Gasteiger partial charge in [-0.2, -0.15) is 0 Å². The van der Waals surface area contributed by atoms with Crippen LogP contribution < -0.4 is 10.7 Å². The van der Waals surface area contributed by atoms with E-state index in [0.717, 1.165) is 16.4 Å². The molecule has 0 radical (unpaired) electrons. The molecule has 0 saturated heterocycles. The Morgan fingerprint density at radius 2 is 1.20 bits per heavy atom. The van der Waals surface area contributed by atoms with Crippen molar-refractivity contribution < 1.29 is 9.53 Å². The van der Waals surface area contributed by atoms with Gasteiger partial charge < -0.3 is 0 Å². The Morgan fingerprint density at radius 1 is 0.771 bits per heavy atom. The predicted octanol–water partition coefficient (Wildman–Crippen LogP) is 5.05. The van der Waals surface area contributed by atoms with Crippen LogP contribution >= 0.6 is 0 Å². The molecule has 0 amide bonds. The number of carbonyl (C=O) groups is 1. The van der Waals surface area contributed by atoms with Crippen LogP contribution in [0.4, 0.5) is 0 Å². The van der Waals surface area contributed by atoms with E-state index in [9.17, 15) is 4.79 Å². The minimum absolute atomic E-state index is 0.121. The zero-order valence-electron chi connectivity index (χ0n) is 20.0. The van der Waals surface area contributed by atoms with Crippen molar-refractivity contribution in [2.75, 3.05) is 7.11 Å². The van der Waals surface area contributed by atoms with Crippen LogP contribution in [0.15, 0.2) is 127 Å². The van der Waals surface area contributed by atoms with Crippen molar-refractivity contribution in [3.63, 3.8) is 0 Å². The number of rotatable bonds is 8. The number of esters is 1. The summed E-state index contributed by atoms with van der Waals surface area (Å²) in [5, 5.41) is 0. The second-order valence-corrected chi connectivity index (χ2v) is 20.7. The van der Waals surface area contributed by atoms with Crippen LogP contribution in [0.5, 0.6) is 0 Å². The molecule has 174 valence electrons. The van der Waals surface area contributed by atoms with Crippen molar-refractivity contribution in [2.45, 2.75) is 10.9 Å². The molecule has 0 N–H and O–H groups in total. The molecule has 0 unspecified atom stereocenters. The van der Waals surface area contributed by atoms with Gasteiger partial charge in [0.2, 0.25) is 0 Å². The maximum absolute atomic E-state index is 13.2. The van der Waals surface area contributed by atoms with Crippen LogP contribution in [0.25, 0.3) is 6.08 Å². The summed E-state index contributed by atoms with van der Waals surface area (Å²) >= 11 is -3.47. The molecular weight excluding hydrogens is 535 g/mol. The summed E-state index contributed by atoms with van der Waals surface area (Å²) in [6.07, 6.45) is 5.02. The van der Waals surface area contributed by atoms with Gasteiger partial charge in [0.1, 0.15) is 0 Å². The number of hydrogen-bond acceptors (Lipinski definition) is 2. The van der Waals surface area contributed by atoms with Crippen molar-refractivity contribution in [1.29, 1.82) is 0 Å². The van der Waals surface area contributed by atoms with Gasteiger partial charge in [-0.05, 0) is 0 Å². The summed E-state index contributed by atoms with van der Waals surface area (Å²) < 4.78 is 10.7. The van der Waals surface area contributed by atoms with Crippen LogP contribution in [0.1, 0.15) is 12.0 Å². The van der Waals surface area contributed by atoms with Gasteiger partial charge in [0.25, 0.3) is 0 Å². The van der Waals surface area contributed by atoms with E-state index in [-0.39, 0.29) is 11.9 Å². The van der Waals surface area contributed by atoms with Crippen molar-refractivity contribution >= 4 is 41.2 Å². The molecule has 1 fully saturated rings. The fraction of sp³-hybridized carbons (Fsp3) is 0.156. The van der Waals surface area contributed by atoms with Gasteiger partial charge in [-0.1, -0.05) is 0 Å². The van der Waals surface area contributed by atoms with Gasteiger partial charge in [-0.25, -0.2) is 0 Å². The Bertz CT molecular complexity index is 1190. The third-order valence-electron chi connectivity index (χ3n) is 7.44. The summed E-state index contributed by atoms with van der Waals surface area (Å²) in [6, 6.07) is 43.2. The molecular formula is C32H30O2Sn. The molecule has 2 atom stereocenters. The Balaban J connectivity index is 1.62. The number of hydrogen-bond donors (Lipinski definition) is 0. The average Bonchev–Trinajstić information content (AvgIpc) is 3.65. The first-order valence-corrected chi connectivity index (χ1v) is 18.5. The second-order valence-electron chi connectivity index (χ2n) is 9.38. The summed E-state index contributed by atoms with van der Waals surface area (Å²) in [5.74, 6) is 0.121. The summed E-state index contributed by atoms with van der Waals surface area (Å²) in [7, 11) is 1.51. The molecule has 0 heterocycles. The molecule has 35 heavy (non-hydrogen) atoms. The van der Waals surface area contributed by atoms with Gasteiger partial charge in [-0.3, -0.25) is 0 Å². The molecule has 1 aliphatic rings. The molecule has 0 bridgehead atoms. The second kappa shape index (κ2) is 10.2. The number of ether oxygens (including phenoxy) is 1. The zero-order valence-corrected chi connectivity index (χ0v) is 22.9. The van der Waals surface area contributed by atoms with Gasteiger partial charge in [0.15, 0.2) is 0 Å². The molecule has 3 heteroatoms. The van der Waals surface area contributed by atoms with Crippen LogP contribution in [0, 0.1) is 11.3 Å². The van der Waals surface area contributed by atoms with E-state index in [2.05, 4.69) is 115 Å². The molecule has 4 aromatic carbocycles. The van der Waals surface area contributed by atoms with Crippen LogP contribution in [-0.4, -0.2) is 31.5 Å². The quantitative estimate of drug-likeness (QED) is 0.221. The molecule has 0 aliphatic heterocycles. The van der Waals surface area contributed by atoms with Crippen molar-refractivity contribution in [3.8, 4) is 0 Å². The third-order valence-corrected chi connectivity index (χ3v) is 21.9. The Kier molecular flexibility index (Phi) is 6.92. The Hall–Kier alpha value is -3.11. The molecule has 0 aromatic heterocycles. The summed E-state index contributed by atoms with van der Waals surface area (Å²) in [5.41, 5.74) is 0.538. The summed E-state index contributed by atoms with van der Waals surface area (Å²) in [6.45, 7) is 0. The van der Waals surface area contributed by atoms with E-state index >= 15 is 0 Å². The van der Waals surface area contributed by atoms with Crippen LogP contribution in [-0.2, 0) is 9.53 Å². The van der Waals surface area contributed by atoms with Gasteiger partial charge >= 0.3 is 213 Å². The van der Waals surface area contributed by atoms with Gasteiger partial charge in [0, 0.05) is 0 Å². The summed E-state index contributed by atoms with van der Waals surface area (Å²) in [4.78, 5) is 13.2. The maximum atomic E-state index is 13.2. The van der Waals surface area contributed by atoms with Gasteiger partial charge in [0.05, 0.1) is 0 Å². The minimum atomic E-state index is -3.47. The first kappa shape index (κ1) is 23.6. The molecule has 4 aromatic rings. The fourth-order valence-electron chi connectivity index (χ4n) is 5.52. The van der Waals surface area contributed by atoms with E-state index < -0.39 is 23.8 Å². The number of carbonyl (C=O) groups excluding carboxylic acids is 1. The van der Waals surface area contributed by atoms with Gasteiger partial charge in [-0.15, -0.1) is 0 Å². The van der Waals surface area contributed by atoms with Crippen LogP contribution in [0.2, 0.25) is 4.44 Å². The number of methoxy groups -OCH3 is 1. The van der Waals surface area contributed by atoms with Crippen molar-refractivity contribution in [2.24, 2.45) is 11.3 Å². The molecule has 1 saturated carbocycles. The normalized spacial score (nSPS) is 19.4. The molecule has 2 nitrogen and oxygen atoms in total. The molecule has 0 spiro atoms. The SMILES string of the molecule is COC(=O)[C@@]1(/C=C/c2ccccc2)C[C@@H]1[CH2][Sn]([c]1ccccc1)([c]1ccccc1)[c]1ccccc1. The zero-order chi connectivity index (χ0) is 24.1. The van der Waals surface area contributed by atoms with E-state index in [1.54, 1.807) is 0 Å². The molecule has 5 rings (SSSR count). The fourth-order valence-corrected chi connectivity index (χ4v) is 20.5.